The Labute approximate surface area is 195 Å². The van der Waals surface area contributed by atoms with Gasteiger partial charge in [-0.15, -0.1) is 0 Å². The second-order valence-corrected chi connectivity index (χ2v) is 10.3. The van der Waals surface area contributed by atoms with E-state index in [1.165, 1.54) is 30.3 Å². The Morgan fingerprint density at radius 2 is 1.79 bits per heavy atom. The quantitative estimate of drug-likeness (QED) is 0.357. The smallest absolute Gasteiger partial charge is 0.417 e. The van der Waals surface area contributed by atoms with Gasteiger partial charge in [0.25, 0.3) is 0 Å². The SMILES string of the molecule is NC/C(=C\F)COc1ccc(S(=O)(=O)Cc2ccc(C(=O)CC3CCC3)c(C(F)(F)F)c2)cc1. The summed E-state index contributed by atoms with van der Waals surface area (Å²) in [6.07, 6.45) is -1.78. The van der Waals surface area contributed by atoms with Crippen molar-refractivity contribution in [1.82, 2.24) is 0 Å². The molecule has 0 amide bonds. The number of ketones is 1. The van der Waals surface area contributed by atoms with Crippen LogP contribution >= 0.6 is 0 Å². The summed E-state index contributed by atoms with van der Waals surface area (Å²) in [5.74, 6) is -0.867. The minimum atomic E-state index is -4.79. The Balaban J connectivity index is 1.77. The van der Waals surface area contributed by atoms with Gasteiger partial charge >= 0.3 is 6.18 Å². The fourth-order valence-electron chi connectivity index (χ4n) is 3.58. The molecule has 0 unspecified atom stereocenters. The largest absolute Gasteiger partial charge is 0.489 e. The van der Waals surface area contributed by atoms with Gasteiger partial charge in [0.15, 0.2) is 15.6 Å². The highest BCUT2D eigenvalue weighted by Crippen LogP contribution is 2.36. The number of nitrogens with two attached hydrogens (primary N) is 1. The van der Waals surface area contributed by atoms with Crippen molar-refractivity contribution in [1.29, 1.82) is 0 Å². The number of alkyl halides is 3. The predicted octanol–water partition coefficient (Wildman–Crippen LogP) is 5.24. The normalized spacial score (nSPS) is 15.1. The van der Waals surface area contributed by atoms with Gasteiger partial charge in [-0.3, -0.25) is 4.79 Å². The van der Waals surface area contributed by atoms with Gasteiger partial charge in [-0.25, -0.2) is 12.8 Å². The van der Waals surface area contributed by atoms with Crippen LogP contribution in [0.15, 0.2) is 59.3 Å². The Hall–Kier alpha value is -2.72. The van der Waals surface area contributed by atoms with Crippen LogP contribution in [0.25, 0.3) is 0 Å². The number of benzene rings is 2. The molecule has 2 aromatic rings. The van der Waals surface area contributed by atoms with E-state index >= 15 is 0 Å². The molecule has 0 bridgehead atoms. The molecular weight excluding hydrogens is 474 g/mol. The number of Topliss-reactive ketones (excluding diaryl/α,β-unsaturated/α-hetero) is 1. The molecule has 0 aliphatic heterocycles. The molecule has 0 spiro atoms. The van der Waals surface area contributed by atoms with Crippen LogP contribution in [0.2, 0.25) is 0 Å². The number of rotatable bonds is 10. The zero-order valence-electron chi connectivity index (χ0n) is 18.3. The fourth-order valence-corrected chi connectivity index (χ4v) is 4.92. The summed E-state index contributed by atoms with van der Waals surface area (Å²) in [7, 11) is -3.98. The Bertz CT molecular complexity index is 1150. The molecule has 2 aromatic carbocycles. The van der Waals surface area contributed by atoms with Crippen LogP contribution in [-0.4, -0.2) is 27.4 Å². The zero-order chi connectivity index (χ0) is 24.9. The standard InChI is InChI=1S/C24H25F4NO4S/c25-12-18(13-29)14-33-19-5-7-20(8-6-19)34(31,32)15-17-4-9-21(22(10-17)24(26,27)28)23(30)11-16-2-1-3-16/h4-10,12,16H,1-3,11,13-15,29H2/b18-12+. The number of sulfone groups is 1. The van der Waals surface area contributed by atoms with E-state index in [2.05, 4.69) is 0 Å². The van der Waals surface area contributed by atoms with Gasteiger partial charge < -0.3 is 10.5 Å². The average molecular weight is 500 g/mol. The maximum atomic E-state index is 13.7. The van der Waals surface area contributed by atoms with Crippen LogP contribution in [0.1, 0.15) is 47.2 Å². The van der Waals surface area contributed by atoms with E-state index in [1.54, 1.807) is 0 Å². The minimum absolute atomic E-state index is 0.0339. The van der Waals surface area contributed by atoms with Gasteiger partial charge in [0.1, 0.15) is 12.4 Å². The molecule has 2 N–H and O–H groups in total. The van der Waals surface area contributed by atoms with E-state index < -0.39 is 38.7 Å². The Morgan fingerprint density at radius 3 is 2.32 bits per heavy atom. The molecule has 3 rings (SSSR count). The summed E-state index contributed by atoms with van der Waals surface area (Å²) in [5, 5.41) is 0. The molecule has 0 aromatic heterocycles. The topological polar surface area (TPSA) is 86.5 Å². The lowest BCUT2D eigenvalue weighted by atomic mass is 9.80. The highest BCUT2D eigenvalue weighted by atomic mass is 32.2. The average Bonchev–Trinajstić information content (AvgIpc) is 2.76. The molecule has 0 heterocycles. The van der Waals surface area contributed by atoms with Crippen molar-refractivity contribution in [3.63, 3.8) is 0 Å². The monoisotopic (exact) mass is 499 g/mol. The van der Waals surface area contributed by atoms with Gasteiger partial charge in [0, 0.05) is 24.1 Å². The maximum Gasteiger partial charge on any atom is 0.417 e. The first-order valence-electron chi connectivity index (χ1n) is 10.7. The first-order chi connectivity index (χ1) is 16.0. The van der Waals surface area contributed by atoms with Gasteiger partial charge in [0.2, 0.25) is 0 Å². The predicted molar refractivity (Wildman–Crippen MR) is 119 cm³/mol. The van der Waals surface area contributed by atoms with Crippen LogP contribution in [0.4, 0.5) is 17.6 Å². The molecular formula is C24H25F4NO4S. The van der Waals surface area contributed by atoms with Crippen molar-refractivity contribution in [3.05, 3.63) is 71.1 Å². The molecule has 1 aliphatic rings. The van der Waals surface area contributed by atoms with Crippen LogP contribution < -0.4 is 10.5 Å². The Morgan fingerprint density at radius 1 is 1.12 bits per heavy atom. The first kappa shape index (κ1) is 25.9. The van der Waals surface area contributed by atoms with Crippen molar-refractivity contribution in [3.8, 4) is 5.75 Å². The molecule has 5 nitrogen and oxygen atoms in total. The summed E-state index contributed by atoms with van der Waals surface area (Å²) >= 11 is 0. The summed E-state index contributed by atoms with van der Waals surface area (Å²) < 4.78 is 84.4. The van der Waals surface area contributed by atoms with E-state index in [-0.39, 0.29) is 47.3 Å². The summed E-state index contributed by atoms with van der Waals surface area (Å²) in [4.78, 5) is 12.3. The molecule has 0 radical (unpaired) electrons. The van der Waals surface area contributed by atoms with Crippen molar-refractivity contribution >= 4 is 15.6 Å². The van der Waals surface area contributed by atoms with Gasteiger partial charge in [-0.2, -0.15) is 13.2 Å². The molecule has 0 saturated heterocycles. The van der Waals surface area contributed by atoms with Crippen LogP contribution in [0, 0.1) is 5.92 Å². The maximum absolute atomic E-state index is 13.7. The van der Waals surface area contributed by atoms with E-state index in [9.17, 15) is 30.8 Å². The Kier molecular flexibility index (Phi) is 8.14. The third-order valence-electron chi connectivity index (χ3n) is 5.77. The van der Waals surface area contributed by atoms with Crippen molar-refractivity contribution in [2.24, 2.45) is 11.7 Å². The second kappa shape index (κ2) is 10.7. The summed E-state index contributed by atoms with van der Waals surface area (Å²) in [6, 6.07) is 8.29. The molecule has 1 saturated carbocycles. The third kappa shape index (κ3) is 6.44. The zero-order valence-corrected chi connectivity index (χ0v) is 19.1. The van der Waals surface area contributed by atoms with E-state index in [1.807, 2.05) is 0 Å². The lowest BCUT2D eigenvalue weighted by Gasteiger charge is -2.25. The van der Waals surface area contributed by atoms with Crippen LogP contribution in [0.5, 0.6) is 5.75 Å². The highest BCUT2D eigenvalue weighted by molar-refractivity contribution is 7.90. The molecule has 1 aliphatic carbocycles. The number of hydrogen-bond acceptors (Lipinski definition) is 5. The lowest BCUT2D eigenvalue weighted by Crippen LogP contribution is -2.19. The molecule has 0 atom stereocenters. The van der Waals surface area contributed by atoms with Gasteiger partial charge in [-0.1, -0.05) is 31.4 Å². The number of hydrogen-bond donors (Lipinski definition) is 1. The number of carbonyl (C=O) groups is 1. The summed E-state index contributed by atoms with van der Waals surface area (Å²) in [5.41, 5.74) is 3.93. The molecule has 34 heavy (non-hydrogen) atoms. The van der Waals surface area contributed by atoms with E-state index in [0.29, 0.717) is 6.33 Å². The van der Waals surface area contributed by atoms with Gasteiger partial charge in [-0.05, 0) is 41.8 Å². The van der Waals surface area contributed by atoms with E-state index in [0.717, 1.165) is 31.4 Å². The van der Waals surface area contributed by atoms with E-state index in [4.69, 9.17) is 10.5 Å². The summed E-state index contributed by atoms with van der Waals surface area (Å²) in [6.45, 7) is -0.140. The highest BCUT2D eigenvalue weighted by Gasteiger charge is 2.36. The number of ether oxygens (including phenoxy) is 1. The molecule has 10 heteroatoms. The first-order valence-corrected chi connectivity index (χ1v) is 12.4. The second-order valence-electron chi connectivity index (χ2n) is 8.29. The van der Waals surface area contributed by atoms with Crippen molar-refractivity contribution < 1.29 is 35.5 Å². The molecule has 1 fully saturated rings. The van der Waals surface area contributed by atoms with Crippen molar-refractivity contribution in [2.45, 2.75) is 42.5 Å². The number of carbonyl (C=O) groups excluding carboxylic acids is 1. The molecule has 184 valence electrons. The third-order valence-corrected chi connectivity index (χ3v) is 7.47. The lowest BCUT2D eigenvalue weighted by molar-refractivity contribution is -0.138. The fraction of sp³-hybridized carbons (Fsp3) is 0.375. The minimum Gasteiger partial charge on any atom is -0.489 e. The van der Waals surface area contributed by atoms with Crippen molar-refractivity contribution in [2.75, 3.05) is 13.2 Å². The van der Waals surface area contributed by atoms with Gasteiger partial charge in [0.05, 0.1) is 22.5 Å². The number of halogens is 4. The van der Waals surface area contributed by atoms with Crippen LogP contribution in [0.3, 0.4) is 0 Å². The van der Waals surface area contributed by atoms with Crippen LogP contribution in [-0.2, 0) is 21.8 Å².